The van der Waals surface area contributed by atoms with E-state index in [0.29, 0.717) is 19.0 Å². The molecule has 0 atom stereocenters. The second-order valence-electron chi connectivity index (χ2n) is 5.16. The lowest BCUT2D eigenvalue weighted by Crippen LogP contribution is -2.31. The molecule has 0 fully saturated rings. The Kier molecular flexibility index (Phi) is 7.15. The quantitative estimate of drug-likeness (QED) is 0.723. The van der Waals surface area contributed by atoms with E-state index in [1.165, 1.54) is 4.31 Å². The van der Waals surface area contributed by atoms with Gasteiger partial charge >= 0.3 is 0 Å². The average Bonchev–Trinajstić information content (AvgIpc) is 2.34. The zero-order chi connectivity index (χ0) is 15.2. The fourth-order valence-electron chi connectivity index (χ4n) is 1.79. The Labute approximate surface area is 130 Å². The molecule has 114 valence electrons. The monoisotopic (exact) mass is 362 g/mol. The molecule has 0 heterocycles. The highest BCUT2D eigenvalue weighted by Crippen LogP contribution is 2.14. The van der Waals surface area contributed by atoms with E-state index in [1.807, 2.05) is 38.1 Å². The lowest BCUT2D eigenvalue weighted by molar-refractivity contribution is 0.463. The van der Waals surface area contributed by atoms with Crippen molar-refractivity contribution in [3.8, 4) is 0 Å². The molecule has 1 N–H and O–H groups in total. The van der Waals surface area contributed by atoms with Crippen LogP contribution < -0.4 is 5.32 Å². The van der Waals surface area contributed by atoms with Crippen LogP contribution in [0.15, 0.2) is 28.7 Å². The van der Waals surface area contributed by atoms with Crippen LogP contribution in [0.2, 0.25) is 0 Å². The predicted octanol–water partition coefficient (Wildman–Crippen LogP) is 2.60. The van der Waals surface area contributed by atoms with Gasteiger partial charge in [0, 0.05) is 24.1 Å². The van der Waals surface area contributed by atoms with E-state index in [0.717, 1.165) is 16.6 Å². The van der Waals surface area contributed by atoms with Crippen molar-refractivity contribution >= 4 is 26.0 Å². The summed E-state index contributed by atoms with van der Waals surface area (Å²) < 4.78 is 26.7. The van der Waals surface area contributed by atoms with Gasteiger partial charge in [-0.1, -0.05) is 41.9 Å². The van der Waals surface area contributed by atoms with Crippen molar-refractivity contribution in [1.29, 1.82) is 0 Å². The Morgan fingerprint density at radius 1 is 1.35 bits per heavy atom. The largest absolute Gasteiger partial charge is 0.314 e. The third kappa shape index (κ3) is 6.35. The van der Waals surface area contributed by atoms with Gasteiger partial charge in [0.1, 0.15) is 0 Å². The smallest absolute Gasteiger partial charge is 0.214 e. The lowest BCUT2D eigenvalue weighted by Gasteiger charge is -2.17. The van der Waals surface area contributed by atoms with E-state index in [2.05, 4.69) is 21.2 Å². The lowest BCUT2D eigenvalue weighted by atomic mass is 10.2. The van der Waals surface area contributed by atoms with Crippen LogP contribution in [0.3, 0.4) is 0 Å². The summed E-state index contributed by atoms with van der Waals surface area (Å²) in [5.41, 5.74) is 0.978. The fourth-order valence-corrected chi connectivity index (χ4v) is 3.41. The van der Waals surface area contributed by atoms with Crippen LogP contribution in [0.25, 0.3) is 0 Å². The summed E-state index contributed by atoms with van der Waals surface area (Å²) in [6.07, 6.45) is 0.628. The number of nitrogens with zero attached hydrogens (tertiary/aromatic N) is 1. The van der Waals surface area contributed by atoms with Gasteiger partial charge in [0.05, 0.1) is 5.75 Å². The highest BCUT2D eigenvalue weighted by molar-refractivity contribution is 9.10. The minimum absolute atomic E-state index is 0.178. The normalized spacial score (nSPS) is 12.3. The Morgan fingerprint density at radius 2 is 2.05 bits per heavy atom. The van der Waals surface area contributed by atoms with Crippen LogP contribution in [0, 0.1) is 0 Å². The Balaban J connectivity index is 2.50. The van der Waals surface area contributed by atoms with Crippen LogP contribution in [0.1, 0.15) is 25.8 Å². The topological polar surface area (TPSA) is 49.4 Å². The van der Waals surface area contributed by atoms with Crippen molar-refractivity contribution in [1.82, 2.24) is 9.62 Å². The number of nitrogens with one attached hydrogen (secondary N) is 1. The fraction of sp³-hybridized carbons (Fsp3) is 0.571. The molecule has 0 spiro atoms. The van der Waals surface area contributed by atoms with Crippen LogP contribution in [0.4, 0.5) is 0 Å². The molecule has 0 saturated heterocycles. The van der Waals surface area contributed by atoms with Crippen molar-refractivity contribution in [3.05, 3.63) is 34.3 Å². The molecule has 0 aliphatic rings. The number of hydrogen-bond acceptors (Lipinski definition) is 3. The van der Waals surface area contributed by atoms with Crippen LogP contribution in [0.5, 0.6) is 0 Å². The second-order valence-corrected chi connectivity index (χ2v) is 8.28. The molecule has 0 unspecified atom stereocenters. The highest BCUT2D eigenvalue weighted by Gasteiger charge is 2.17. The number of hydrogen-bond donors (Lipinski definition) is 1. The van der Waals surface area contributed by atoms with E-state index >= 15 is 0 Å². The maximum Gasteiger partial charge on any atom is 0.214 e. The van der Waals surface area contributed by atoms with Crippen LogP contribution in [-0.4, -0.2) is 38.1 Å². The molecule has 4 nitrogen and oxygen atoms in total. The summed E-state index contributed by atoms with van der Waals surface area (Å²) in [5.74, 6) is 0.178. The minimum Gasteiger partial charge on any atom is -0.314 e. The SMILES string of the molecule is CC(C)NCCCS(=O)(=O)N(C)Cc1cccc(Br)c1. The van der Waals surface area contributed by atoms with Crippen molar-refractivity contribution in [3.63, 3.8) is 0 Å². The summed E-state index contributed by atoms with van der Waals surface area (Å²) in [7, 11) is -1.56. The van der Waals surface area contributed by atoms with Gasteiger partial charge in [0.2, 0.25) is 10.0 Å². The molecule has 6 heteroatoms. The van der Waals surface area contributed by atoms with E-state index in [4.69, 9.17) is 0 Å². The van der Waals surface area contributed by atoms with Gasteiger partial charge in [-0.2, -0.15) is 0 Å². The van der Waals surface area contributed by atoms with Crippen LogP contribution >= 0.6 is 15.9 Å². The van der Waals surface area contributed by atoms with Gasteiger partial charge in [-0.25, -0.2) is 12.7 Å². The number of benzene rings is 1. The van der Waals surface area contributed by atoms with Crippen molar-refractivity contribution in [2.24, 2.45) is 0 Å². The second kappa shape index (κ2) is 8.12. The first-order valence-corrected chi connectivity index (χ1v) is 9.13. The van der Waals surface area contributed by atoms with Gasteiger partial charge in [0.15, 0.2) is 0 Å². The molecule has 0 aliphatic carbocycles. The zero-order valence-electron chi connectivity index (χ0n) is 12.3. The summed E-state index contributed by atoms with van der Waals surface area (Å²) >= 11 is 3.39. The van der Waals surface area contributed by atoms with E-state index in [1.54, 1.807) is 7.05 Å². The maximum absolute atomic E-state index is 12.2. The van der Waals surface area contributed by atoms with Gasteiger partial charge < -0.3 is 5.32 Å². The first kappa shape index (κ1) is 17.6. The molecular formula is C14H23BrN2O2S. The summed E-state index contributed by atoms with van der Waals surface area (Å²) in [6, 6.07) is 8.09. The standard InChI is InChI=1S/C14H23BrN2O2S/c1-12(2)16-8-5-9-20(18,19)17(3)11-13-6-4-7-14(15)10-13/h4,6-7,10,12,16H,5,8-9,11H2,1-3H3. The molecule has 0 radical (unpaired) electrons. The number of rotatable bonds is 8. The predicted molar refractivity (Wildman–Crippen MR) is 87.2 cm³/mol. The minimum atomic E-state index is -3.19. The Hall–Kier alpha value is -0.430. The highest BCUT2D eigenvalue weighted by atomic mass is 79.9. The number of sulfonamides is 1. The molecule has 1 aromatic carbocycles. The summed E-state index contributed by atoms with van der Waals surface area (Å²) in [6.45, 7) is 5.22. The molecular weight excluding hydrogens is 340 g/mol. The van der Waals surface area contributed by atoms with Crippen molar-refractivity contribution in [2.75, 3.05) is 19.3 Å². The molecule has 0 amide bonds. The molecule has 1 rings (SSSR count). The first-order valence-electron chi connectivity index (χ1n) is 6.73. The van der Waals surface area contributed by atoms with Crippen molar-refractivity contribution < 1.29 is 8.42 Å². The third-order valence-electron chi connectivity index (χ3n) is 2.90. The van der Waals surface area contributed by atoms with E-state index in [-0.39, 0.29) is 5.75 Å². The summed E-state index contributed by atoms with van der Waals surface area (Å²) in [4.78, 5) is 0. The zero-order valence-corrected chi connectivity index (χ0v) is 14.7. The van der Waals surface area contributed by atoms with E-state index < -0.39 is 10.0 Å². The molecule has 0 bridgehead atoms. The molecule has 0 aromatic heterocycles. The Morgan fingerprint density at radius 3 is 2.65 bits per heavy atom. The average molecular weight is 363 g/mol. The number of halogens is 1. The van der Waals surface area contributed by atoms with Gasteiger partial charge in [-0.3, -0.25) is 0 Å². The molecule has 0 saturated carbocycles. The van der Waals surface area contributed by atoms with Crippen molar-refractivity contribution in [2.45, 2.75) is 32.9 Å². The maximum atomic E-state index is 12.2. The van der Waals surface area contributed by atoms with E-state index in [9.17, 15) is 8.42 Å². The molecule has 0 aliphatic heterocycles. The first-order chi connectivity index (χ1) is 9.31. The molecule has 20 heavy (non-hydrogen) atoms. The third-order valence-corrected chi connectivity index (χ3v) is 5.28. The van der Waals surface area contributed by atoms with Gasteiger partial charge in [-0.05, 0) is 30.7 Å². The van der Waals surface area contributed by atoms with Gasteiger partial charge in [0.25, 0.3) is 0 Å². The molecule has 1 aromatic rings. The van der Waals surface area contributed by atoms with Gasteiger partial charge in [-0.15, -0.1) is 0 Å². The van der Waals surface area contributed by atoms with Crippen LogP contribution in [-0.2, 0) is 16.6 Å². The summed E-state index contributed by atoms with van der Waals surface area (Å²) in [5, 5.41) is 3.22. The Bertz CT molecular complexity index is 518.